The molecule has 1 heterocycles. The monoisotopic (exact) mass is 284 g/mol. The summed E-state index contributed by atoms with van der Waals surface area (Å²) in [5.74, 6) is 0.399. The van der Waals surface area contributed by atoms with Crippen LogP contribution >= 0.6 is 0 Å². The van der Waals surface area contributed by atoms with Crippen molar-refractivity contribution in [2.45, 2.75) is 31.6 Å². The van der Waals surface area contributed by atoms with Crippen molar-refractivity contribution in [3.63, 3.8) is 0 Å². The highest BCUT2D eigenvalue weighted by atomic mass is 16.4. The third-order valence-corrected chi connectivity index (χ3v) is 3.77. The molecule has 1 fully saturated rings. The average molecular weight is 284 g/mol. The Morgan fingerprint density at radius 3 is 2.62 bits per heavy atom. The van der Waals surface area contributed by atoms with E-state index in [9.17, 15) is 4.79 Å². The molecule has 0 aliphatic heterocycles. The Kier molecular flexibility index (Phi) is 3.77. The zero-order valence-electron chi connectivity index (χ0n) is 11.5. The fraction of sp³-hybridized carbons (Fsp3) is 0.333. The number of carbonyl (C=O) groups is 1. The van der Waals surface area contributed by atoms with Gasteiger partial charge in [-0.15, -0.1) is 5.10 Å². The predicted molar refractivity (Wildman–Crippen MR) is 77.0 cm³/mol. The summed E-state index contributed by atoms with van der Waals surface area (Å²) in [4.78, 5) is 10.5. The molecule has 1 aromatic heterocycles. The van der Waals surface area contributed by atoms with Gasteiger partial charge in [-0.05, 0) is 47.0 Å². The molecular weight excluding hydrogens is 268 g/mol. The summed E-state index contributed by atoms with van der Waals surface area (Å²) in [6.45, 7) is 0. The summed E-state index contributed by atoms with van der Waals surface area (Å²) < 4.78 is 1.78. The van der Waals surface area contributed by atoms with Gasteiger partial charge in [-0.1, -0.05) is 25.0 Å². The average Bonchev–Trinajstić information content (AvgIpc) is 3.16. The summed E-state index contributed by atoms with van der Waals surface area (Å²) >= 11 is 0. The Morgan fingerprint density at radius 2 is 1.95 bits per heavy atom. The van der Waals surface area contributed by atoms with Gasteiger partial charge in [-0.25, -0.2) is 4.79 Å². The lowest BCUT2D eigenvalue weighted by Crippen LogP contribution is -2.06. The molecular formula is C15H16N4O2. The van der Waals surface area contributed by atoms with Gasteiger partial charge in [0.15, 0.2) is 5.82 Å². The van der Waals surface area contributed by atoms with Gasteiger partial charge in [0.2, 0.25) is 0 Å². The van der Waals surface area contributed by atoms with E-state index in [0.29, 0.717) is 5.92 Å². The van der Waals surface area contributed by atoms with E-state index < -0.39 is 5.97 Å². The second-order valence-electron chi connectivity index (χ2n) is 5.19. The first-order valence-electron chi connectivity index (χ1n) is 7.04. The zero-order valence-corrected chi connectivity index (χ0v) is 11.5. The molecule has 0 bridgehead atoms. The standard InChI is InChI=1S/C15H16N4O2/c20-14(21)10-7-11-5-8-13(9-6-11)19-15(16-17-18-19)12-3-1-2-4-12/h5-10,12H,1-4H2,(H,20,21)/b10-7+. The summed E-state index contributed by atoms with van der Waals surface area (Å²) in [5.41, 5.74) is 1.73. The Bertz CT molecular complexity index is 655. The molecule has 0 saturated heterocycles. The van der Waals surface area contributed by atoms with E-state index in [1.165, 1.54) is 12.8 Å². The normalized spacial score (nSPS) is 15.8. The molecule has 0 unspecified atom stereocenters. The van der Waals surface area contributed by atoms with E-state index in [1.807, 2.05) is 24.3 Å². The molecule has 1 N–H and O–H groups in total. The molecule has 0 radical (unpaired) electrons. The summed E-state index contributed by atoms with van der Waals surface area (Å²) in [6, 6.07) is 7.51. The predicted octanol–water partition coefficient (Wildman–Crippen LogP) is 2.42. The maximum atomic E-state index is 10.5. The van der Waals surface area contributed by atoms with Crippen molar-refractivity contribution in [2.24, 2.45) is 0 Å². The van der Waals surface area contributed by atoms with Gasteiger partial charge in [-0.2, -0.15) is 4.68 Å². The van der Waals surface area contributed by atoms with Gasteiger partial charge < -0.3 is 5.11 Å². The molecule has 6 nitrogen and oxygen atoms in total. The zero-order chi connectivity index (χ0) is 14.7. The number of tetrazole rings is 1. The van der Waals surface area contributed by atoms with E-state index in [0.717, 1.165) is 36.0 Å². The third kappa shape index (κ3) is 2.99. The van der Waals surface area contributed by atoms with Gasteiger partial charge in [0, 0.05) is 12.0 Å². The van der Waals surface area contributed by atoms with Crippen molar-refractivity contribution < 1.29 is 9.90 Å². The largest absolute Gasteiger partial charge is 0.478 e. The first kappa shape index (κ1) is 13.5. The van der Waals surface area contributed by atoms with Crippen LogP contribution in [0.25, 0.3) is 11.8 Å². The van der Waals surface area contributed by atoms with Gasteiger partial charge in [0.05, 0.1) is 5.69 Å². The molecule has 21 heavy (non-hydrogen) atoms. The van der Waals surface area contributed by atoms with Crippen LogP contribution in [0.4, 0.5) is 0 Å². The quantitative estimate of drug-likeness (QED) is 0.872. The van der Waals surface area contributed by atoms with Crippen LogP contribution in [-0.4, -0.2) is 31.3 Å². The number of hydrogen-bond acceptors (Lipinski definition) is 4. The molecule has 1 aromatic carbocycles. The third-order valence-electron chi connectivity index (χ3n) is 3.77. The summed E-state index contributed by atoms with van der Waals surface area (Å²) in [7, 11) is 0. The Labute approximate surface area is 122 Å². The summed E-state index contributed by atoms with van der Waals surface area (Å²) in [6.07, 6.45) is 7.42. The second kappa shape index (κ2) is 5.87. The van der Waals surface area contributed by atoms with E-state index >= 15 is 0 Å². The lowest BCUT2D eigenvalue weighted by atomic mass is 10.1. The van der Waals surface area contributed by atoms with Crippen LogP contribution in [0.5, 0.6) is 0 Å². The molecule has 6 heteroatoms. The van der Waals surface area contributed by atoms with E-state index in [4.69, 9.17) is 5.11 Å². The van der Waals surface area contributed by atoms with Crippen LogP contribution < -0.4 is 0 Å². The topological polar surface area (TPSA) is 80.9 Å². The highest BCUT2D eigenvalue weighted by Gasteiger charge is 2.23. The minimum Gasteiger partial charge on any atom is -0.478 e. The molecule has 1 aliphatic rings. The second-order valence-corrected chi connectivity index (χ2v) is 5.19. The van der Waals surface area contributed by atoms with Gasteiger partial charge in [0.25, 0.3) is 0 Å². The van der Waals surface area contributed by atoms with Crippen LogP contribution in [0.2, 0.25) is 0 Å². The maximum Gasteiger partial charge on any atom is 0.328 e. The SMILES string of the molecule is O=C(O)/C=C/c1ccc(-n2nnnc2C2CCCC2)cc1. The van der Waals surface area contributed by atoms with E-state index in [1.54, 1.807) is 10.8 Å². The molecule has 2 aromatic rings. The number of hydrogen-bond donors (Lipinski definition) is 1. The summed E-state index contributed by atoms with van der Waals surface area (Å²) in [5, 5.41) is 20.7. The number of carboxylic acid groups (broad SMARTS) is 1. The molecule has 3 rings (SSSR count). The lowest BCUT2D eigenvalue weighted by Gasteiger charge is -2.09. The van der Waals surface area contributed by atoms with Crippen molar-refractivity contribution >= 4 is 12.0 Å². The lowest BCUT2D eigenvalue weighted by molar-refractivity contribution is -0.131. The molecule has 1 aliphatic carbocycles. The van der Waals surface area contributed by atoms with Crippen LogP contribution in [0, 0.1) is 0 Å². The number of aromatic nitrogens is 4. The molecule has 108 valence electrons. The van der Waals surface area contributed by atoms with Crippen molar-refractivity contribution in [1.82, 2.24) is 20.2 Å². The van der Waals surface area contributed by atoms with E-state index in [-0.39, 0.29) is 0 Å². The number of nitrogens with zero attached hydrogens (tertiary/aromatic N) is 4. The Hall–Kier alpha value is -2.50. The Morgan fingerprint density at radius 1 is 1.24 bits per heavy atom. The van der Waals surface area contributed by atoms with Gasteiger partial charge in [0.1, 0.15) is 0 Å². The highest BCUT2D eigenvalue weighted by Crippen LogP contribution is 2.33. The van der Waals surface area contributed by atoms with Crippen molar-refractivity contribution in [1.29, 1.82) is 0 Å². The van der Waals surface area contributed by atoms with Gasteiger partial charge >= 0.3 is 5.97 Å². The van der Waals surface area contributed by atoms with Gasteiger partial charge in [-0.3, -0.25) is 0 Å². The van der Waals surface area contributed by atoms with Crippen LogP contribution in [0.3, 0.4) is 0 Å². The smallest absolute Gasteiger partial charge is 0.328 e. The Balaban J connectivity index is 1.84. The van der Waals surface area contributed by atoms with E-state index in [2.05, 4.69) is 15.5 Å². The molecule has 0 amide bonds. The minimum atomic E-state index is -0.955. The minimum absolute atomic E-state index is 0.437. The molecule has 1 saturated carbocycles. The van der Waals surface area contributed by atoms with Crippen molar-refractivity contribution in [3.05, 3.63) is 41.7 Å². The molecule has 0 atom stereocenters. The fourth-order valence-corrected chi connectivity index (χ4v) is 2.71. The van der Waals surface area contributed by atoms with Crippen LogP contribution in [0.15, 0.2) is 30.3 Å². The number of aliphatic carboxylic acids is 1. The number of carboxylic acids is 1. The van der Waals surface area contributed by atoms with Crippen molar-refractivity contribution in [2.75, 3.05) is 0 Å². The molecule has 0 spiro atoms. The first-order valence-corrected chi connectivity index (χ1v) is 7.04. The van der Waals surface area contributed by atoms with Crippen molar-refractivity contribution in [3.8, 4) is 5.69 Å². The van der Waals surface area contributed by atoms with Crippen LogP contribution in [-0.2, 0) is 4.79 Å². The fourth-order valence-electron chi connectivity index (χ4n) is 2.71. The van der Waals surface area contributed by atoms with Crippen LogP contribution in [0.1, 0.15) is 43.0 Å². The first-order chi connectivity index (χ1) is 10.2. The maximum absolute atomic E-state index is 10.5. The highest BCUT2D eigenvalue weighted by molar-refractivity contribution is 5.85. The number of benzene rings is 1. The number of rotatable bonds is 4.